The Hall–Kier alpha value is -3.96. The van der Waals surface area contributed by atoms with Crippen molar-refractivity contribution in [3.8, 4) is 5.75 Å². The first kappa shape index (κ1) is 24.7. The lowest BCUT2D eigenvalue weighted by molar-refractivity contribution is -0.128. The molecule has 3 amide bonds. The van der Waals surface area contributed by atoms with Crippen LogP contribution in [0.4, 0.5) is 11.4 Å². The van der Waals surface area contributed by atoms with E-state index in [0.29, 0.717) is 40.2 Å². The maximum absolute atomic E-state index is 13.4. The third kappa shape index (κ3) is 5.57. The topological polar surface area (TPSA) is 112 Å². The number of thiophene rings is 1. The maximum atomic E-state index is 13.4. The standard InChI is InChI=1S/C26H23N5O4S2/c1-35-17-10-8-16(9-11-17)28-23(33)15-37-26-30-20-7-3-2-6-19(20)24-29-21(25(34)31(24)26)13-22(32)27-14-18-5-4-12-36-18/h2-12,21H,13-15H2,1H3,(H,27,32)(H,28,33)/t21-/m0/s1. The number of hydrogen-bond donors (Lipinski definition) is 2. The van der Waals surface area contributed by atoms with Crippen LogP contribution in [-0.4, -0.2) is 52.5 Å². The molecule has 0 unspecified atom stereocenters. The summed E-state index contributed by atoms with van der Waals surface area (Å²) < 4.78 is 5.14. The average molecular weight is 534 g/mol. The SMILES string of the molecule is COc1ccc(NC(=O)CSC2=Nc3ccccc3C3=N[C@@H](CC(=O)NCc4cccs4)C(=O)N23)cc1. The highest BCUT2D eigenvalue weighted by molar-refractivity contribution is 8.14. The number of amides is 3. The Kier molecular flexibility index (Phi) is 7.33. The molecule has 3 heterocycles. The fourth-order valence-electron chi connectivity index (χ4n) is 3.88. The lowest BCUT2D eigenvalue weighted by Gasteiger charge is -2.25. The van der Waals surface area contributed by atoms with Crippen molar-refractivity contribution in [3.05, 3.63) is 76.5 Å². The van der Waals surface area contributed by atoms with Gasteiger partial charge in [-0.1, -0.05) is 30.0 Å². The molecule has 0 bridgehead atoms. The quantitative estimate of drug-likeness (QED) is 0.458. The Labute approximate surface area is 221 Å². The van der Waals surface area contributed by atoms with Crippen molar-refractivity contribution < 1.29 is 19.1 Å². The molecule has 0 spiro atoms. The molecule has 5 rings (SSSR count). The molecule has 188 valence electrons. The van der Waals surface area contributed by atoms with E-state index >= 15 is 0 Å². The fourth-order valence-corrected chi connectivity index (χ4v) is 5.33. The number of benzene rings is 2. The summed E-state index contributed by atoms with van der Waals surface area (Å²) in [6.45, 7) is 0.409. The van der Waals surface area contributed by atoms with Crippen LogP contribution < -0.4 is 15.4 Å². The van der Waals surface area contributed by atoms with Gasteiger partial charge in [-0.3, -0.25) is 19.4 Å². The van der Waals surface area contributed by atoms with E-state index < -0.39 is 6.04 Å². The second kappa shape index (κ2) is 11.0. The van der Waals surface area contributed by atoms with E-state index in [0.717, 1.165) is 16.6 Å². The number of amidine groups is 2. The van der Waals surface area contributed by atoms with Gasteiger partial charge in [-0.05, 0) is 47.8 Å². The second-order valence-electron chi connectivity index (χ2n) is 8.18. The van der Waals surface area contributed by atoms with Gasteiger partial charge in [-0.2, -0.15) is 0 Å². The van der Waals surface area contributed by atoms with E-state index in [-0.39, 0.29) is 29.9 Å². The first-order chi connectivity index (χ1) is 18.0. The van der Waals surface area contributed by atoms with Crippen LogP contribution in [0.3, 0.4) is 0 Å². The van der Waals surface area contributed by atoms with Gasteiger partial charge in [0.2, 0.25) is 11.8 Å². The summed E-state index contributed by atoms with van der Waals surface area (Å²) in [6.07, 6.45) is -0.0672. The van der Waals surface area contributed by atoms with E-state index in [4.69, 9.17) is 4.74 Å². The summed E-state index contributed by atoms with van der Waals surface area (Å²) in [5, 5.41) is 7.98. The molecule has 3 aromatic rings. The largest absolute Gasteiger partial charge is 0.497 e. The van der Waals surface area contributed by atoms with Crippen molar-refractivity contribution in [2.75, 3.05) is 18.2 Å². The molecule has 0 fully saturated rings. The van der Waals surface area contributed by atoms with Crippen molar-refractivity contribution in [1.29, 1.82) is 0 Å². The van der Waals surface area contributed by atoms with Crippen molar-refractivity contribution in [2.45, 2.75) is 19.0 Å². The number of carbonyl (C=O) groups is 3. The molecule has 0 radical (unpaired) electrons. The number of rotatable bonds is 8. The molecule has 37 heavy (non-hydrogen) atoms. The third-order valence-corrected chi connectivity index (χ3v) is 7.49. The molecule has 2 aliphatic rings. The molecular formula is C26H23N5O4S2. The number of carbonyl (C=O) groups excluding carboxylic acids is 3. The number of ether oxygens (including phenoxy) is 1. The van der Waals surface area contributed by atoms with E-state index in [2.05, 4.69) is 20.6 Å². The van der Waals surface area contributed by atoms with Crippen LogP contribution in [0.5, 0.6) is 5.75 Å². The minimum Gasteiger partial charge on any atom is -0.497 e. The summed E-state index contributed by atoms with van der Waals surface area (Å²) in [6, 6.07) is 17.4. The van der Waals surface area contributed by atoms with E-state index in [1.54, 1.807) is 42.7 Å². The summed E-state index contributed by atoms with van der Waals surface area (Å²) in [4.78, 5) is 50.2. The number of aliphatic imine (C=N–C) groups is 2. The van der Waals surface area contributed by atoms with Crippen molar-refractivity contribution in [3.63, 3.8) is 0 Å². The zero-order valence-electron chi connectivity index (χ0n) is 19.8. The van der Waals surface area contributed by atoms with E-state index in [1.807, 2.05) is 41.8 Å². The van der Waals surface area contributed by atoms with Gasteiger partial charge in [-0.25, -0.2) is 9.89 Å². The normalized spacial score (nSPS) is 15.9. The van der Waals surface area contributed by atoms with Crippen LogP contribution >= 0.6 is 23.1 Å². The molecule has 0 saturated heterocycles. The number of para-hydroxylation sites is 1. The third-order valence-electron chi connectivity index (χ3n) is 5.67. The first-order valence-electron chi connectivity index (χ1n) is 11.5. The lowest BCUT2D eigenvalue weighted by Crippen LogP contribution is -2.42. The van der Waals surface area contributed by atoms with Crippen LogP contribution in [0.25, 0.3) is 0 Å². The second-order valence-corrected chi connectivity index (χ2v) is 10.2. The maximum Gasteiger partial charge on any atom is 0.259 e. The molecule has 2 aromatic carbocycles. The Balaban J connectivity index is 1.27. The monoisotopic (exact) mass is 533 g/mol. The molecule has 0 saturated carbocycles. The van der Waals surface area contributed by atoms with Crippen molar-refractivity contribution in [2.24, 2.45) is 9.98 Å². The Bertz CT molecular complexity index is 1390. The Morgan fingerprint density at radius 3 is 2.65 bits per heavy atom. The molecule has 2 N–H and O–H groups in total. The van der Waals surface area contributed by atoms with Crippen LogP contribution in [0.2, 0.25) is 0 Å². The number of nitrogens with zero attached hydrogens (tertiary/aromatic N) is 3. The number of fused-ring (bicyclic) bond motifs is 3. The molecule has 9 nitrogen and oxygen atoms in total. The molecule has 11 heteroatoms. The highest BCUT2D eigenvalue weighted by atomic mass is 32.2. The van der Waals surface area contributed by atoms with Gasteiger partial charge in [0.15, 0.2) is 5.17 Å². The first-order valence-corrected chi connectivity index (χ1v) is 13.3. The molecule has 1 aromatic heterocycles. The summed E-state index contributed by atoms with van der Waals surface area (Å²) in [7, 11) is 1.58. The number of anilines is 1. The van der Waals surface area contributed by atoms with Gasteiger partial charge in [0.05, 0.1) is 31.5 Å². The average Bonchev–Trinajstić information content (AvgIpc) is 3.55. The number of hydrogen-bond acceptors (Lipinski definition) is 8. The smallest absolute Gasteiger partial charge is 0.259 e. The van der Waals surface area contributed by atoms with Gasteiger partial charge >= 0.3 is 0 Å². The Morgan fingerprint density at radius 1 is 1.08 bits per heavy atom. The van der Waals surface area contributed by atoms with Gasteiger partial charge in [0.25, 0.3) is 5.91 Å². The minimum absolute atomic E-state index is 0.0378. The predicted molar refractivity (Wildman–Crippen MR) is 146 cm³/mol. The zero-order valence-corrected chi connectivity index (χ0v) is 21.5. The van der Waals surface area contributed by atoms with Gasteiger partial charge in [0, 0.05) is 16.1 Å². The van der Waals surface area contributed by atoms with Gasteiger partial charge in [0.1, 0.15) is 17.6 Å². The number of thioether (sulfide) groups is 1. The van der Waals surface area contributed by atoms with E-state index in [9.17, 15) is 14.4 Å². The van der Waals surface area contributed by atoms with Crippen LogP contribution in [0, 0.1) is 0 Å². The minimum atomic E-state index is -0.858. The van der Waals surface area contributed by atoms with Crippen LogP contribution in [-0.2, 0) is 20.9 Å². The Morgan fingerprint density at radius 2 is 1.89 bits per heavy atom. The van der Waals surface area contributed by atoms with Gasteiger partial charge < -0.3 is 15.4 Å². The summed E-state index contributed by atoms with van der Waals surface area (Å²) in [5.41, 5.74) is 2.01. The van der Waals surface area contributed by atoms with E-state index in [1.165, 1.54) is 4.90 Å². The van der Waals surface area contributed by atoms with Crippen LogP contribution in [0.15, 0.2) is 76.0 Å². The van der Waals surface area contributed by atoms with Crippen LogP contribution in [0.1, 0.15) is 16.9 Å². The van der Waals surface area contributed by atoms with Crippen molar-refractivity contribution >= 4 is 63.2 Å². The zero-order chi connectivity index (χ0) is 25.8. The molecule has 1 atom stereocenters. The predicted octanol–water partition coefficient (Wildman–Crippen LogP) is 3.79. The number of nitrogens with one attached hydrogen (secondary N) is 2. The summed E-state index contributed by atoms with van der Waals surface area (Å²) in [5.74, 6) is 0.343. The van der Waals surface area contributed by atoms with Gasteiger partial charge in [-0.15, -0.1) is 11.3 Å². The van der Waals surface area contributed by atoms with Crippen molar-refractivity contribution in [1.82, 2.24) is 10.2 Å². The summed E-state index contributed by atoms with van der Waals surface area (Å²) >= 11 is 2.70. The highest BCUT2D eigenvalue weighted by Crippen LogP contribution is 2.34. The molecule has 2 aliphatic heterocycles. The molecule has 0 aliphatic carbocycles. The fraction of sp³-hybridized carbons (Fsp3) is 0.192. The number of methoxy groups -OCH3 is 1. The molecular weight excluding hydrogens is 510 g/mol. The highest BCUT2D eigenvalue weighted by Gasteiger charge is 2.42. The lowest BCUT2D eigenvalue weighted by atomic mass is 10.1.